The molecule has 0 saturated heterocycles. The number of nitrogens with one attached hydrogen (secondary N) is 2. The second-order valence-corrected chi connectivity index (χ2v) is 8.54. The zero-order chi connectivity index (χ0) is 26.9. The Bertz CT molecular complexity index is 1420. The normalized spacial score (nSPS) is 12.5. The summed E-state index contributed by atoms with van der Waals surface area (Å²) in [5.41, 5.74) is 19.5. The van der Waals surface area contributed by atoms with E-state index in [0.717, 1.165) is 22.3 Å². The minimum Gasteiger partial charge on any atom is -0.397 e. The Morgan fingerprint density at radius 2 is 1.34 bits per heavy atom. The Balaban J connectivity index is 1.77. The number of hydrogen-bond donors (Lipinski definition) is 6. The first kappa shape index (κ1) is 26.0. The zero-order valence-electron chi connectivity index (χ0n) is 20.7. The lowest BCUT2D eigenvalue weighted by molar-refractivity contribution is 0.0707. The molecule has 192 valence electrons. The van der Waals surface area contributed by atoms with E-state index >= 15 is 0 Å². The van der Waals surface area contributed by atoms with Crippen LogP contribution < -0.4 is 28.1 Å². The lowest BCUT2D eigenvalue weighted by atomic mass is 9.95. The van der Waals surface area contributed by atoms with E-state index in [1.165, 1.54) is 5.01 Å². The van der Waals surface area contributed by atoms with Crippen molar-refractivity contribution in [3.05, 3.63) is 144 Å². The van der Waals surface area contributed by atoms with E-state index in [2.05, 4.69) is 5.32 Å². The molecule has 0 aliphatic heterocycles. The van der Waals surface area contributed by atoms with Gasteiger partial charge in [-0.2, -0.15) is 0 Å². The minimum atomic E-state index is -0.619. The highest BCUT2D eigenvalue weighted by Crippen LogP contribution is 2.29. The molecule has 0 fully saturated rings. The van der Waals surface area contributed by atoms with E-state index in [4.69, 9.17) is 17.3 Å². The summed E-state index contributed by atoms with van der Waals surface area (Å²) in [5.74, 6) is 5.93. The van der Waals surface area contributed by atoms with E-state index in [1.807, 2.05) is 97.1 Å². The minimum absolute atomic E-state index is 0.309. The van der Waals surface area contributed by atoms with Crippen LogP contribution in [0.15, 0.2) is 122 Å². The van der Waals surface area contributed by atoms with Crippen molar-refractivity contribution in [2.24, 2.45) is 17.3 Å². The molecule has 38 heavy (non-hydrogen) atoms. The van der Waals surface area contributed by atoms with Crippen LogP contribution in [0.3, 0.4) is 0 Å². The Morgan fingerprint density at radius 1 is 0.789 bits per heavy atom. The average Bonchev–Trinajstić information content (AvgIpc) is 2.98. The maximum atomic E-state index is 12.4. The number of hydrogen-bond acceptors (Lipinski definition) is 7. The van der Waals surface area contributed by atoms with Crippen LogP contribution >= 0.6 is 0 Å². The van der Waals surface area contributed by atoms with Crippen LogP contribution in [0.1, 0.15) is 33.2 Å². The zero-order valence-corrected chi connectivity index (χ0v) is 20.7. The average molecular weight is 507 g/mol. The standard InChI is InChI=1S/C30H30N6O2/c31-27(22-12-6-2-7-13-22)19-34-29(36(33)20-28(32)23-14-8-3-9-15-23)24-16-17-25(30(37)35-38)26(18-24)21-10-4-1-5-11-21/h1-20,29,34,38H,31-33H2,(H,35,37)/b27-19-,28-20-. The van der Waals surface area contributed by atoms with Crippen molar-refractivity contribution in [3.8, 4) is 11.1 Å². The number of rotatable bonds is 9. The summed E-state index contributed by atoms with van der Waals surface area (Å²) in [6.45, 7) is 0. The monoisotopic (exact) mass is 506 g/mol. The van der Waals surface area contributed by atoms with Gasteiger partial charge in [0.05, 0.1) is 11.4 Å². The van der Waals surface area contributed by atoms with Gasteiger partial charge in [-0.3, -0.25) is 15.0 Å². The highest BCUT2D eigenvalue weighted by atomic mass is 16.5. The first-order valence-corrected chi connectivity index (χ1v) is 11.9. The lowest BCUT2D eigenvalue weighted by Crippen LogP contribution is -2.38. The van der Waals surface area contributed by atoms with Gasteiger partial charge in [-0.1, -0.05) is 97.1 Å². The second-order valence-electron chi connectivity index (χ2n) is 8.54. The second kappa shape index (κ2) is 12.3. The van der Waals surface area contributed by atoms with E-state index < -0.39 is 12.1 Å². The van der Waals surface area contributed by atoms with Crippen molar-refractivity contribution in [3.63, 3.8) is 0 Å². The molecule has 4 aromatic rings. The van der Waals surface area contributed by atoms with Crippen molar-refractivity contribution in [2.75, 3.05) is 0 Å². The Kier molecular flexibility index (Phi) is 8.40. The van der Waals surface area contributed by atoms with Gasteiger partial charge in [0.2, 0.25) is 0 Å². The molecule has 4 rings (SSSR count). The number of benzene rings is 4. The van der Waals surface area contributed by atoms with Gasteiger partial charge in [0.1, 0.15) is 6.17 Å². The summed E-state index contributed by atoms with van der Waals surface area (Å²) >= 11 is 0. The molecule has 1 atom stereocenters. The maximum Gasteiger partial charge on any atom is 0.275 e. The molecule has 1 amide bonds. The molecule has 0 radical (unpaired) electrons. The fourth-order valence-electron chi connectivity index (χ4n) is 4.02. The summed E-state index contributed by atoms with van der Waals surface area (Å²) in [5, 5.41) is 14.1. The van der Waals surface area contributed by atoms with Gasteiger partial charge in [-0.25, -0.2) is 11.3 Å². The molecular formula is C30H30N6O2. The number of hydroxylamine groups is 1. The molecule has 0 aliphatic carbocycles. The molecule has 4 aromatic carbocycles. The van der Waals surface area contributed by atoms with Crippen molar-refractivity contribution < 1.29 is 10.0 Å². The van der Waals surface area contributed by atoms with E-state index in [1.54, 1.807) is 30.0 Å². The molecule has 0 saturated carbocycles. The number of nitrogens with two attached hydrogens (primary N) is 3. The largest absolute Gasteiger partial charge is 0.397 e. The van der Waals surface area contributed by atoms with E-state index in [9.17, 15) is 10.0 Å². The lowest BCUT2D eigenvalue weighted by Gasteiger charge is -2.28. The highest BCUT2D eigenvalue weighted by molar-refractivity contribution is 6.00. The van der Waals surface area contributed by atoms with Crippen molar-refractivity contribution in [2.45, 2.75) is 6.17 Å². The molecule has 0 spiro atoms. The third-order valence-electron chi connectivity index (χ3n) is 5.99. The Labute approximate surface area is 221 Å². The number of carbonyl (C=O) groups is 1. The topological polar surface area (TPSA) is 143 Å². The van der Waals surface area contributed by atoms with Gasteiger partial charge in [0.25, 0.3) is 5.91 Å². The van der Waals surface area contributed by atoms with Gasteiger partial charge in [-0.05, 0) is 39.9 Å². The summed E-state index contributed by atoms with van der Waals surface area (Å²) < 4.78 is 0. The number of carbonyl (C=O) groups excluding carboxylic acids is 1. The first-order chi connectivity index (χ1) is 18.5. The predicted molar refractivity (Wildman–Crippen MR) is 150 cm³/mol. The molecule has 9 N–H and O–H groups in total. The number of hydrazine groups is 1. The van der Waals surface area contributed by atoms with Crippen LogP contribution in [0.2, 0.25) is 0 Å². The molecule has 1 unspecified atom stereocenters. The van der Waals surface area contributed by atoms with Gasteiger partial charge in [0, 0.05) is 18.0 Å². The summed E-state index contributed by atoms with van der Waals surface area (Å²) in [4.78, 5) is 12.4. The van der Waals surface area contributed by atoms with E-state index in [0.29, 0.717) is 22.5 Å². The van der Waals surface area contributed by atoms with Crippen LogP contribution in [-0.2, 0) is 0 Å². The van der Waals surface area contributed by atoms with Crippen LogP contribution in [0, 0.1) is 0 Å². The molecule has 0 aromatic heterocycles. The Morgan fingerprint density at radius 3 is 1.92 bits per heavy atom. The fraction of sp³-hybridized carbons (Fsp3) is 0.0333. The molecule has 8 nitrogen and oxygen atoms in total. The van der Waals surface area contributed by atoms with Gasteiger partial charge >= 0.3 is 0 Å². The SMILES string of the molecule is N/C(=C\NC(c1ccc(C(=O)NO)c(-c2ccccc2)c1)N(N)/C=C(\N)c1ccccc1)c1ccccc1. The Hall–Kier alpha value is -5.05. The summed E-state index contributed by atoms with van der Waals surface area (Å²) in [6, 6.07) is 33.7. The summed E-state index contributed by atoms with van der Waals surface area (Å²) in [6.07, 6.45) is 2.70. The summed E-state index contributed by atoms with van der Waals surface area (Å²) in [7, 11) is 0. The third-order valence-corrected chi connectivity index (χ3v) is 5.99. The molecule has 8 heteroatoms. The van der Waals surface area contributed by atoms with E-state index in [-0.39, 0.29) is 0 Å². The van der Waals surface area contributed by atoms with Crippen LogP contribution in [0.4, 0.5) is 0 Å². The van der Waals surface area contributed by atoms with Crippen LogP contribution in [0.5, 0.6) is 0 Å². The van der Waals surface area contributed by atoms with Gasteiger partial charge in [-0.15, -0.1) is 0 Å². The number of nitrogens with zero attached hydrogens (tertiary/aromatic N) is 1. The third kappa shape index (κ3) is 6.19. The molecule has 0 bridgehead atoms. The quantitative estimate of drug-likeness (QED) is 0.0866. The van der Waals surface area contributed by atoms with Crippen molar-refractivity contribution in [1.82, 2.24) is 15.8 Å². The van der Waals surface area contributed by atoms with Crippen molar-refractivity contribution >= 4 is 17.3 Å². The smallest absolute Gasteiger partial charge is 0.275 e. The fourth-order valence-corrected chi connectivity index (χ4v) is 4.02. The maximum absolute atomic E-state index is 12.4. The van der Waals surface area contributed by atoms with Gasteiger partial charge in [0.15, 0.2) is 0 Å². The molecular weight excluding hydrogens is 476 g/mol. The molecule has 0 heterocycles. The molecule has 0 aliphatic rings. The predicted octanol–water partition coefficient (Wildman–Crippen LogP) is 4.15. The highest BCUT2D eigenvalue weighted by Gasteiger charge is 2.20. The van der Waals surface area contributed by atoms with Crippen LogP contribution in [-0.4, -0.2) is 16.1 Å². The van der Waals surface area contributed by atoms with Gasteiger partial charge < -0.3 is 16.8 Å². The first-order valence-electron chi connectivity index (χ1n) is 11.9. The van der Waals surface area contributed by atoms with Crippen LogP contribution in [0.25, 0.3) is 22.5 Å². The number of amides is 1. The van der Waals surface area contributed by atoms with Crippen molar-refractivity contribution in [1.29, 1.82) is 0 Å².